The number of rotatable bonds is 41. The van der Waals surface area contributed by atoms with Crippen LogP contribution in [0.15, 0.2) is 24.3 Å². The number of amides is 1. The maximum atomic E-state index is 12.8. The Labute approximate surface area is 331 Å². The fraction of sp³-hybridized carbons (Fsp3) is 0.844. The van der Waals surface area contributed by atoms with Crippen LogP contribution in [0.5, 0.6) is 0 Å². The molecular formula is C45H84N2O7. The number of primary amides is 1. The second-order valence-electron chi connectivity index (χ2n) is 15.1. The van der Waals surface area contributed by atoms with Crippen LogP contribution in [-0.4, -0.2) is 80.0 Å². The van der Waals surface area contributed by atoms with Gasteiger partial charge in [0, 0.05) is 25.9 Å². The summed E-state index contributed by atoms with van der Waals surface area (Å²) in [6, 6.07) is 0. The number of hydrogen-bond donors (Lipinski definition) is 2. The molecule has 2 unspecified atom stereocenters. The van der Waals surface area contributed by atoms with Gasteiger partial charge in [0.2, 0.25) is 6.10 Å². The molecule has 9 nitrogen and oxygen atoms in total. The Kier molecular flexibility index (Phi) is 38.8. The number of carbonyl (C=O) groups is 3. The summed E-state index contributed by atoms with van der Waals surface area (Å²) >= 11 is 0. The zero-order valence-corrected chi connectivity index (χ0v) is 35.2. The van der Waals surface area contributed by atoms with Crippen LogP contribution in [0.2, 0.25) is 0 Å². The number of esters is 2. The van der Waals surface area contributed by atoms with Gasteiger partial charge in [-0.15, -0.1) is 0 Å². The molecule has 3 N–H and O–H groups in total. The van der Waals surface area contributed by atoms with Gasteiger partial charge in [0.25, 0.3) is 5.91 Å². The van der Waals surface area contributed by atoms with E-state index < -0.39 is 30.1 Å². The summed E-state index contributed by atoms with van der Waals surface area (Å²) in [4.78, 5) is 39.9. The lowest BCUT2D eigenvalue weighted by molar-refractivity contribution is -0.176. The molecule has 0 fully saturated rings. The van der Waals surface area contributed by atoms with Crippen molar-refractivity contribution in [1.82, 2.24) is 4.90 Å². The standard InChI is InChI=1S/C45H84N2O7/c1-4-6-8-10-12-14-16-18-20-22-24-26-28-30-32-34-42(49)53-41(40-52-39-37-47(3)36-38-48)44(45(46)51)54-43(50)35-33-31-29-27-25-23-21-19-17-15-13-11-9-7-5-2/h18-21,41,44,48H,4-17,22-40H2,1-3H3,(H2,46,51). The molecule has 0 saturated carbocycles. The first kappa shape index (κ1) is 51.8. The molecule has 0 heterocycles. The van der Waals surface area contributed by atoms with E-state index >= 15 is 0 Å². The van der Waals surface area contributed by atoms with Crippen LogP contribution in [0.3, 0.4) is 0 Å². The van der Waals surface area contributed by atoms with Gasteiger partial charge in [-0.3, -0.25) is 14.4 Å². The number of aliphatic hydroxyl groups excluding tert-OH is 1. The number of nitrogens with two attached hydrogens (primary N) is 1. The Hall–Kier alpha value is -2.23. The highest BCUT2D eigenvalue weighted by Gasteiger charge is 2.33. The minimum absolute atomic E-state index is 0.0312. The maximum Gasteiger partial charge on any atom is 0.306 e. The number of ether oxygens (including phenoxy) is 3. The third-order valence-corrected chi connectivity index (χ3v) is 9.83. The Morgan fingerprint density at radius 2 is 0.963 bits per heavy atom. The molecule has 0 aliphatic heterocycles. The molecule has 9 heteroatoms. The van der Waals surface area contributed by atoms with Crippen molar-refractivity contribution in [2.75, 3.05) is 40.0 Å². The molecule has 0 aromatic carbocycles. The van der Waals surface area contributed by atoms with E-state index in [1.807, 2.05) is 11.9 Å². The lowest BCUT2D eigenvalue weighted by Crippen LogP contribution is -2.47. The predicted molar refractivity (Wildman–Crippen MR) is 223 cm³/mol. The van der Waals surface area contributed by atoms with Crippen LogP contribution >= 0.6 is 0 Å². The lowest BCUT2D eigenvalue weighted by atomic mass is 10.1. The van der Waals surface area contributed by atoms with Crippen molar-refractivity contribution in [2.45, 2.75) is 206 Å². The molecule has 0 aromatic rings. The van der Waals surface area contributed by atoms with Gasteiger partial charge in [0.05, 0.1) is 19.8 Å². The lowest BCUT2D eigenvalue weighted by Gasteiger charge is -2.25. The second kappa shape index (κ2) is 40.4. The van der Waals surface area contributed by atoms with E-state index in [-0.39, 0.29) is 32.7 Å². The number of aliphatic hydroxyl groups is 1. The first-order valence-electron chi connectivity index (χ1n) is 22.2. The Bertz CT molecular complexity index is 926. The van der Waals surface area contributed by atoms with E-state index in [0.29, 0.717) is 25.9 Å². The summed E-state index contributed by atoms with van der Waals surface area (Å²) in [6.45, 7) is 5.72. The van der Waals surface area contributed by atoms with Gasteiger partial charge in [-0.2, -0.15) is 0 Å². The van der Waals surface area contributed by atoms with Crippen molar-refractivity contribution >= 4 is 17.8 Å². The summed E-state index contributed by atoms with van der Waals surface area (Å²) < 4.78 is 16.9. The van der Waals surface area contributed by atoms with Crippen molar-refractivity contribution in [3.8, 4) is 0 Å². The van der Waals surface area contributed by atoms with Crippen LogP contribution in [-0.2, 0) is 28.6 Å². The van der Waals surface area contributed by atoms with Crippen LogP contribution in [0.4, 0.5) is 0 Å². The smallest absolute Gasteiger partial charge is 0.306 e. The molecule has 316 valence electrons. The summed E-state index contributed by atoms with van der Waals surface area (Å²) in [6.07, 6.45) is 37.3. The molecular weight excluding hydrogens is 681 g/mol. The van der Waals surface area contributed by atoms with Crippen molar-refractivity contribution in [3.05, 3.63) is 24.3 Å². The molecule has 0 bridgehead atoms. The molecule has 0 aliphatic carbocycles. The average molecular weight is 765 g/mol. The Balaban J connectivity index is 4.51. The summed E-state index contributed by atoms with van der Waals surface area (Å²) in [7, 11) is 1.86. The number of likely N-dealkylation sites (N-methyl/N-ethyl adjacent to an activating group) is 1. The van der Waals surface area contributed by atoms with Gasteiger partial charge >= 0.3 is 11.9 Å². The Morgan fingerprint density at radius 1 is 0.574 bits per heavy atom. The highest BCUT2D eigenvalue weighted by Crippen LogP contribution is 2.15. The van der Waals surface area contributed by atoms with Gasteiger partial charge in [0.15, 0.2) is 6.10 Å². The second-order valence-corrected chi connectivity index (χ2v) is 15.1. The number of hydrogen-bond acceptors (Lipinski definition) is 8. The quantitative estimate of drug-likeness (QED) is 0.0358. The summed E-state index contributed by atoms with van der Waals surface area (Å²) in [5.74, 6) is -1.86. The minimum atomic E-state index is -1.42. The van der Waals surface area contributed by atoms with Crippen molar-refractivity contribution in [3.63, 3.8) is 0 Å². The van der Waals surface area contributed by atoms with Crippen LogP contribution in [0.1, 0.15) is 194 Å². The zero-order chi connectivity index (χ0) is 39.7. The van der Waals surface area contributed by atoms with Crippen LogP contribution < -0.4 is 5.73 Å². The van der Waals surface area contributed by atoms with Gasteiger partial charge in [-0.05, 0) is 71.3 Å². The number of carbonyl (C=O) groups excluding carboxylic acids is 3. The molecule has 0 aromatic heterocycles. The largest absolute Gasteiger partial charge is 0.455 e. The molecule has 0 rings (SSSR count). The molecule has 0 spiro atoms. The van der Waals surface area contributed by atoms with Gasteiger partial charge < -0.3 is 30.0 Å². The number of nitrogens with zero attached hydrogens (tertiary/aromatic N) is 1. The maximum absolute atomic E-state index is 12.8. The third kappa shape index (κ3) is 35.5. The van der Waals surface area contributed by atoms with E-state index in [4.69, 9.17) is 25.1 Å². The van der Waals surface area contributed by atoms with Gasteiger partial charge in [-0.1, -0.05) is 141 Å². The number of allylic oxidation sites excluding steroid dienone is 4. The van der Waals surface area contributed by atoms with Crippen LogP contribution in [0.25, 0.3) is 0 Å². The normalized spacial score (nSPS) is 12.9. The first-order chi connectivity index (χ1) is 26.3. The van der Waals surface area contributed by atoms with E-state index in [9.17, 15) is 14.4 Å². The van der Waals surface area contributed by atoms with E-state index in [2.05, 4.69) is 38.2 Å². The monoisotopic (exact) mass is 765 g/mol. The number of unbranched alkanes of at least 4 members (excludes halogenated alkanes) is 22. The van der Waals surface area contributed by atoms with E-state index in [1.54, 1.807) is 0 Å². The topological polar surface area (TPSA) is 128 Å². The molecule has 1 amide bonds. The van der Waals surface area contributed by atoms with Gasteiger partial charge in [0.1, 0.15) is 0 Å². The highest BCUT2D eigenvalue weighted by molar-refractivity contribution is 5.83. The van der Waals surface area contributed by atoms with Gasteiger partial charge in [-0.25, -0.2) is 0 Å². The SMILES string of the molecule is CCCCCCCCC=CCCCCCCCC(=O)OC(COCCN(C)CCO)C(OC(=O)CCCCCCCC=CCCCCCCCC)C(N)=O. The molecule has 0 radical (unpaired) electrons. The van der Waals surface area contributed by atoms with E-state index in [0.717, 1.165) is 64.2 Å². The van der Waals surface area contributed by atoms with Crippen LogP contribution in [0, 0.1) is 0 Å². The van der Waals surface area contributed by atoms with Crippen molar-refractivity contribution < 1.29 is 33.7 Å². The molecule has 54 heavy (non-hydrogen) atoms. The summed E-state index contributed by atoms with van der Waals surface area (Å²) in [5.41, 5.74) is 5.67. The minimum Gasteiger partial charge on any atom is -0.455 e. The van der Waals surface area contributed by atoms with E-state index in [1.165, 1.54) is 89.9 Å². The fourth-order valence-corrected chi connectivity index (χ4v) is 6.31. The fourth-order valence-electron chi connectivity index (χ4n) is 6.31. The molecule has 0 aliphatic rings. The van der Waals surface area contributed by atoms with Crippen molar-refractivity contribution in [2.24, 2.45) is 5.73 Å². The molecule has 0 saturated heterocycles. The molecule has 2 atom stereocenters. The summed E-state index contributed by atoms with van der Waals surface area (Å²) in [5, 5.41) is 9.14. The average Bonchev–Trinajstić information content (AvgIpc) is 3.15. The zero-order valence-electron chi connectivity index (χ0n) is 35.2. The Morgan fingerprint density at radius 3 is 1.37 bits per heavy atom. The highest BCUT2D eigenvalue weighted by atomic mass is 16.6. The predicted octanol–water partition coefficient (Wildman–Crippen LogP) is 10.3. The first-order valence-corrected chi connectivity index (χ1v) is 22.2. The third-order valence-electron chi connectivity index (χ3n) is 9.83. The van der Waals surface area contributed by atoms with Crippen molar-refractivity contribution in [1.29, 1.82) is 0 Å².